The predicted octanol–water partition coefficient (Wildman–Crippen LogP) is 1.48. The van der Waals surface area contributed by atoms with Crippen molar-refractivity contribution in [3.63, 3.8) is 0 Å². The third kappa shape index (κ3) is 4.36. The van der Waals surface area contributed by atoms with E-state index in [1.54, 1.807) is 18.2 Å². The van der Waals surface area contributed by atoms with Crippen molar-refractivity contribution >= 4 is 34.2 Å². The zero-order valence-corrected chi connectivity index (χ0v) is 12.0. The van der Waals surface area contributed by atoms with Gasteiger partial charge in [0, 0.05) is 11.5 Å². The van der Waals surface area contributed by atoms with Gasteiger partial charge in [-0.1, -0.05) is 15.9 Å². The van der Waals surface area contributed by atoms with E-state index in [1.165, 1.54) is 14.0 Å². The number of carbonyl (C=O) groups is 3. The lowest BCUT2D eigenvalue weighted by atomic mass is 10.2. The van der Waals surface area contributed by atoms with E-state index in [1.807, 2.05) is 0 Å². The fraction of sp³-hybridized carbons (Fsp3) is 0.250. The molecule has 0 saturated heterocycles. The highest BCUT2D eigenvalue weighted by atomic mass is 79.9. The highest BCUT2D eigenvalue weighted by molar-refractivity contribution is 9.10. The van der Waals surface area contributed by atoms with Gasteiger partial charge >= 0.3 is 6.03 Å². The van der Waals surface area contributed by atoms with Crippen LogP contribution in [0.5, 0.6) is 5.75 Å². The predicted molar refractivity (Wildman–Crippen MR) is 72.2 cm³/mol. The Balaban J connectivity index is 2.76. The van der Waals surface area contributed by atoms with Gasteiger partial charge in [-0.05, 0) is 25.1 Å². The minimum Gasteiger partial charge on any atom is -0.480 e. The number of hydrogen-bond acceptors (Lipinski definition) is 4. The van der Waals surface area contributed by atoms with E-state index in [0.717, 1.165) is 4.47 Å². The summed E-state index contributed by atoms with van der Waals surface area (Å²) < 4.78 is 6.08. The number of imide groups is 1. The lowest BCUT2D eigenvalue weighted by Gasteiger charge is -2.15. The molecule has 0 aliphatic rings. The van der Waals surface area contributed by atoms with Gasteiger partial charge in [0.15, 0.2) is 12.4 Å². The molecule has 19 heavy (non-hydrogen) atoms. The minimum atomic E-state index is -0.905. The summed E-state index contributed by atoms with van der Waals surface area (Å²) in [5, 5.41) is 4.34. The molecule has 1 rings (SSSR count). The maximum Gasteiger partial charge on any atom is 0.321 e. The van der Waals surface area contributed by atoms with Crippen molar-refractivity contribution in [1.82, 2.24) is 10.6 Å². The topological polar surface area (TPSA) is 84.5 Å². The molecule has 0 aromatic heterocycles. The number of carbonyl (C=O) groups excluding carboxylic acids is 3. The van der Waals surface area contributed by atoms with E-state index >= 15 is 0 Å². The SMILES string of the molecule is CNC(=O)NC(=O)[C@@H](C)Oc1ccc(Br)cc1C=O. The van der Waals surface area contributed by atoms with Gasteiger partial charge in [-0.3, -0.25) is 14.9 Å². The summed E-state index contributed by atoms with van der Waals surface area (Å²) in [5.74, 6) is -0.322. The van der Waals surface area contributed by atoms with E-state index in [-0.39, 0.29) is 5.75 Å². The van der Waals surface area contributed by atoms with Gasteiger partial charge in [-0.25, -0.2) is 4.79 Å². The van der Waals surface area contributed by atoms with Crippen LogP contribution in [0.1, 0.15) is 17.3 Å². The Kier molecular flexibility index (Phi) is 5.50. The van der Waals surface area contributed by atoms with Crippen molar-refractivity contribution in [2.45, 2.75) is 13.0 Å². The molecule has 0 spiro atoms. The molecule has 0 bridgehead atoms. The monoisotopic (exact) mass is 328 g/mol. The summed E-state index contributed by atoms with van der Waals surface area (Å²) >= 11 is 3.23. The number of hydrogen-bond donors (Lipinski definition) is 2. The Morgan fingerprint density at radius 2 is 2.11 bits per heavy atom. The Hall–Kier alpha value is -1.89. The van der Waals surface area contributed by atoms with E-state index in [9.17, 15) is 14.4 Å². The average molecular weight is 329 g/mol. The summed E-state index contributed by atoms with van der Waals surface area (Å²) in [4.78, 5) is 33.5. The second-order valence-electron chi connectivity index (χ2n) is 3.63. The first-order chi connectivity index (χ1) is 8.97. The first-order valence-corrected chi connectivity index (χ1v) is 6.21. The summed E-state index contributed by atoms with van der Waals surface area (Å²) in [6.07, 6.45) is -0.277. The van der Waals surface area contributed by atoms with Crippen LogP contribution >= 0.6 is 15.9 Å². The average Bonchev–Trinajstić information content (AvgIpc) is 2.40. The van der Waals surface area contributed by atoms with Gasteiger partial charge in [-0.15, -0.1) is 0 Å². The molecule has 6 nitrogen and oxygen atoms in total. The van der Waals surface area contributed by atoms with Crippen molar-refractivity contribution in [3.05, 3.63) is 28.2 Å². The van der Waals surface area contributed by atoms with Gasteiger partial charge in [-0.2, -0.15) is 0 Å². The molecule has 0 radical (unpaired) electrons. The Bertz CT molecular complexity index is 505. The van der Waals surface area contributed by atoms with Crippen molar-refractivity contribution in [3.8, 4) is 5.75 Å². The molecule has 7 heteroatoms. The lowest BCUT2D eigenvalue weighted by molar-refractivity contribution is -0.126. The first-order valence-electron chi connectivity index (χ1n) is 5.42. The van der Waals surface area contributed by atoms with Gasteiger partial charge in [0.1, 0.15) is 5.75 Å². The Labute approximate surface area is 118 Å². The molecule has 0 fully saturated rings. The fourth-order valence-corrected chi connectivity index (χ4v) is 1.62. The molecule has 0 aliphatic carbocycles. The van der Waals surface area contributed by atoms with Crippen LogP contribution < -0.4 is 15.4 Å². The highest BCUT2D eigenvalue weighted by Gasteiger charge is 2.18. The molecule has 2 N–H and O–H groups in total. The maximum absolute atomic E-state index is 11.6. The molecule has 1 atom stereocenters. The molecule has 0 unspecified atom stereocenters. The zero-order chi connectivity index (χ0) is 14.4. The molecule has 0 saturated carbocycles. The van der Waals surface area contributed by atoms with Crippen LogP contribution in [0.2, 0.25) is 0 Å². The van der Waals surface area contributed by atoms with Crippen LogP contribution in [0.3, 0.4) is 0 Å². The number of ether oxygens (including phenoxy) is 1. The van der Waals surface area contributed by atoms with Crippen LogP contribution in [-0.2, 0) is 4.79 Å². The Morgan fingerprint density at radius 3 is 2.68 bits per heavy atom. The maximum atomic E-state index is 11.6. The molecule has 1 aromatic rings. The van der Waals surface area contributed by atoms with E-state index in [4.69, 9.17) is 4.74 Å². The zero-order valence-electron chi connectivity index (χ0n) is 10.4. The standard InChI is InChI=1S/C12H13BrN2O4/c1-7(11(17)15-12(18)14-2)19-10-4-3-9(13)5-8(10)6-16/h3-7H,1-2H3,(H2,14,15,17,18)/t7-/m1/s1. The largest absolute Gasteiger partial charge is 0.480 e. The van der Waals surface area contributed by atoms with E-state index in [2.05, 4.69) is 26.6 Å². The number of nitrogens with one attached hydrogen (secondary N) is 2. The van der Waals surface area contributed by atoms with Gasteiger partial charge in [0.25, 0.3) is 5.91 Å². The van der Waals surface area contributed by atoms with Crippen LogP contribution in [-0.4, -0.2) is 31.4 Å². The van der Waals surface area contributed by atoms with E-state index in [0.29, 0.717) is 11.8 Å². The molecule has 3 amide bonds. The van der Waals surface area contributed by atoms with Crippen molar-refractivity contribution in [1.29, 1.82) is 0 Å². The normalized spacial score (nSPS) is 11.3. The molecular weight excluding hydrogens is 316 g/mol. The number of urea groups is 1. The second-order valence-corrected chi connectivity index (χ2v) is 4.54. The highest BCUT2D eigenvalue weighted by Crippen LogP contribution is 2.22. The summed E-state index contributed by atoms with van der Waals surface area (Å²) in [7, 11) is 1.40. The number of amides is 3. The van der Waals surface area contributed by atoms with Crippen molar-refractivity contribution in [2.24, 2.45) is 0 Å². The van der Waals surface area contributed by atoms with Crippen molar-refractivity contribution in [2.75, 3.05) is 7.05 Å². The third-order valence-electron chi connectivity index (χ3n) is 2.24. The number of benzene rings is 1. The van der Waals surface area contributed by atoms with Crippen LogP contribution in [0.25, 0.3) is 0 Å². The molecule has 0 aliphatic heterocycles. The number of aldehydes is 1. The molecular formula is C12H13BrN2O4. The second kappa shape index (κ2) is 6.89. The van der Waals surface area contributed by atoms with Crippen LogP contribution in [0.15, 0.2) is 22.7 Å². The van der Waals surface area contributed by atoms with Gasteiger partial charge in [0.05, 0.1) is 5.56 Å². The molecule has 1 aromatic carbocycles. The van der Waals surface area contributed by atoms with Crippen LogP contribution in [0.4, 0.5) is 4.79 Å². The first kappa shape index (κ1) is 15.2. The van der Waals surface area contributed by atoms with Crippen molar-refractivity contribution < 1.29 is 19.1 Å². The van der Waals surface area contributed by atoms with Gasteiger partial charge < -0.3 is 10.1 Å². The van der Waals surface area contributed by atoms with E-state index < -0.39 is 18.0 Å². The smallest absolute Gasteiger partial charge is 0.321 e. The number of rotatable bonds is 4. The quantitative estimate of drug-likeness (QED) is 0.820. The summed E-state index contributed by atoms with van der Waals surface area (Å²) in [5.41, 5.74) is 0.314. The molecule has 0 heterocycles. The fourth-order valence-electron chi connectivity index (χ4n) is 1.24. The number of halogens is 1. The third-order valence-corrected chi connectivity index (χ3v) is 2.73. The van der Waals surface area contributed by atoms with Gasteiger partial charge in [0.2, 0.25) is 0 Å². The minimum absolute atomic E-state index is 0.276. The van der Waals surface area contributed by atoms with Crippen LogP contribution in [0, 0.1) is 0 Å². The Morgan fingerprint density at radius 1 is 1.42 bits per heavy atom. The summed E-state index contributed by atoms with van der Waals surface area (Å²) in [6.45, 7) is 1.48. The lowest BCUT2D eigenvalue weighted by Crippen LogP contribution is -2.44. The molecule has 102 valence electrons. The summed E-state index contributed by atoms with van der Waals surface area (Å²) in [6, 6.07) is 4.21.